The fourth-order valence-electron chi connectivity index (χ4n) is 3.52. The van der Waals surface area contributed by atoms with Crippen LogP contribution < -0.4 is 11.2 Å². The molecule has 1 saturated heterocycles. The standard InChI is InChI=1S/C22H26N2O8/c1-11-5-15(6-12(2)14(11)4)21(28)30-10-19(26)32-16-7-18(31-17(16)9-25)24-8-13(3)20(27)23-22(24)29/h5-6,8,16-18,25H,7,9-10H2,1-4H3,(H,23,27,29). The molecule has 2 N–H and O–H groups in total. The van der Waals surface area contributed by atoms with E-state index in [1.807, 2.05) is 20.8 Å². The van der Waals surface area contributed by atoms with Gasteiger partial charge in [-0.25, -0.2) is 14.4 Å². The van der Waals surface area contributed by atoms with Gasteiger partial charge in [-0.15, -0.1) is 0 Å². The molecule has 2 heterocycles. The van der Waals surface area contributed by atoms with Gasteiger partial charge in [0.25, 0.3) is 5.56 Å². The van der Waals surface area contributed by atoms with Gasteiger partial charge in [-0.2, -0.15) is 0 Å². The maximum atomic E-state index is 12.3. The Hall–Kier alpha value is -3.24. The molecule has 3 rings (SSSR count). The number of aromatic amines is 1. The predicted octanol–water partition coefficient (Wildman–Crippen LogP) is 0.819. The molecule has 1 aliphatic rings. The van der Waals surface area contributed by atoms with Crippen molar-refractivity contribution in [2.75, 3.05) is 13.2 Å². The molecule has 0 amide bonds. The Labute approximate surface area is 183 Å². The van der Waals surface area contributed by atoms with Gasteiger partial charge in [-0.05, 0) is 56.5 Å². The van der Waals surface area contributed by atoms with Gasteiger partial charge in [0, 0.05) is 18.2 Å². The Balaban J connectivity index is 1.62. The van der Waals surface area contributed by atoms with Crippen molar-refractivity contribution in [3.8, 4) is 0 Å². The summed E-state index contributed by atoms with van der Waals surface area (Å²) in [7, 11) is 0. The molecule has 0 aliphatic carbocycles. The lowest BCUT2D eigenvalue weighted by Gasteiger charge is -2.16. The normalized spacial score (nSPS) is 20.2. The highest BCUT2D eigenvalue weighted by molar-refractivity contribution is 5.91. The molecule has 2 aromatic rings. The Kier molecular flexibility index (Phi) is 6.95. The number of aromatic nitrogens is 2. The van der Waals surface area contributed by atoms with Crippen LogP contribution in [0.15, 0.2) is 27.9 Å². The number of aliphatic hydroxyl groups excluding tert-OH is 1. The van der Waals surface area contributed by atoms with Crippen LogP contribution in [0.1, 0.15) is 45.3 Å². The molecular weight excluding hydrogens is 420 g/mol. The highest BCUT2D eigenvalue weighted by Crippen LogP contribution is 2.29. The fourth-order valence-corrected chi connectivity index (χ4v) is 3.52. The van der Waals surface area contributed by atoms with Crippen molar-refractivity contribution in [1.82, 2.24) is 9.55 Å². The highest BCUT2D eigenvalue weighted by atomic mass is 16.6. The first kappa shape index (κ1) is 23.4. The maximum absolute atomic E-state index is 12.3. The summed E-state index contributed by atoms with van der Waals surface area (Å²) in [6, 6.07) is 3.38. The summed E-state index contributed by atoms with van der Waals surface area (Å²) in [5.74, 6) is -1.46. The first-order valence-corrected chi connectivity index (χ1v) is 10.1. The highest BCUT2D eigenvalue weighted by Gasteiger charge is 2.39. The molecular formula is C22H26N2O8. The predicted molar refractivity (Wildman–Crippen MR) is 112 cm³/mol. The minimum atomic E-state index is -0.874. The van der Waals surface area contributed by atoms with Crippen LogP contribution in [-0.2, 0) is 19.0 Å². The molecule has 172 valence electrons. The Morgan fingerprint density at radius 3 is 2.44 bits per heavy atom. The van der Waals surface area contributed by atoms with Gasteiger partial charge in [0.1, 0.15) is 18.4 Å². The number of hydrogen-bond acceptors (Lipinski definition) is 8. The number of nitrogens with zero attached hydrogens (tertiary/aromatic N) is 1. The van der Waals surface area contributed by atoms with Crippen LogP contribution >= 0.6 is 0 Å². The van der Waals surface area contributed by atoms with Gasteiger partial charge in [0.05, 0.1) is 12.2 Å². The number of nitrogens with one attached hydrogen (secondary N) is 1. The smallest absolute Gasteiger partial charge is 0.344 e. The lowest BCUT2D eigenvalue weighted by atomic mass is 10.0. The number of esters is 2. The van der Waals surface area contributed by atoms with Crippen molar-refractivity contribution in [3.63, 3.8) is 0 Å². The van der Waals surface area contributed by atoms with Crippen molar-refractivity contribution >= 4 is 11.9 Å². The second kappa shape index (κ2) is 9.49. The largest absolute Gasteiger partial charge is 0.457 e. The number of ether oxygens (including phenoxy) is 3. The van der Waals surface area contributed by atoms with Crippen molar-refractivity contribution in [3.05, 3.63) is 67.0 Å². The first-order chi connectivity index (χ1) is 15.1. The lowest BCUT2D eigenvalue weighted by Crippen LogP contribution is -2.33. The molecule has 1 aromatic carbocycles. The molecule has 1 aromatic heterocycles. The minimum absolute atomic E-state index is 0.0760. The van der Waals surface area contributed by atoms with E-state index in [-0.39, 0.29) is 6.42 Å². The molecule has 1 fully saturated rings. The third kappa shape index (κ3) is 4.97. The second-order valence-electron chi connectivity index (χ2n) is 7.87. The van der Waals surface area contributed by atoms with E-state index >= 15 is 0 Å². The SMILES string of the molecule is Cc1cc(C(=O)OCC(=O)OC2CC(n3cc(C)c(=O)[nH]c3=O)OC2CO)cc(C)c1C. The third-order valence-corrected chi connectivity index (χ3v) is 5.58. The quantitative estimate of drug-likeness (QED) is 0.622. The van der Waals surface area contributed by atoms with Crippen molar-refractivity contribution in [2.45, 2.75) is 52.6 Å². The zero-order chi connectivity index (χ0) is 23.6. The number of rotatable bonds is 6. The molecule has 10 heteroatoms. The summed E-state index contributed by atoms with van der Waals surface area (Å²) in [5, 5.41) is 9.58. The van der Waals surface area contributed by atoms with Gasteiger partial charge in [-0.1, -0.05) is 0 Å². The number of benzene rings is 1. The fraction of sp³-hybridized carbons (Fsp3) is 0.455. The number of aliphatic hydroxyl groups is 1. The number of carbonyl (C=O) groups excluding carboxylic acids is 2. The van der Waals surface area contributed by atoms with Gasteiger partial charge < -0.3 is 19.3 Å². The third-order valence-electron chi connectivity index (χ3n) is 5.58. The molecule has 3 atom stereocenters. The number of H-pyrrole nitrogens is 1. The van der Waals surface area contributed by atoms with Crippen LogP contribution in [0.2, 0.25) is 0 Å². The summed E-state index contributed by atoms with van der Waals surface area (Å²) in [6.07, 6.45) is -1.15. The van der Waals surface area contributed by atoms with Crippen molar-refractivity contribution < 1.29 is 28.9 Å². The zero-order valence-electron chi connectivity index (χ0n) is 18.3. The monoisotopic (exact) mass is 446 g/mol. The van der Waals surface area contributed by atoms with E-state index in [1.165, 1.54) is 17.7 Å². The molecule has 0 bridgehead atoms. The summed E-state index contributed by atoms with van der Waals surface area (Å²) in [5.41, 5.74) is 2.41. The van der Waals surface area contributed by atoms with Gasteiger partial charge in [-0.3, -0.25) is 14.3 Å². The van der Waals surface area contributed by atoms with Crippen LogP contribution in [0.3, 0.4) is 0 Å². The van der Waals surface area contributed by atoms with Gasteiger partial charge >= 0.3 is 17.6 Å². The second-order valence-corrected chi connectivity index (χ2v) is 7.87. The van der Waals surface area contributed by atoms with Crippen molar-refractivity contribution in [2.24, 2.45) is 0 Å². The molecule has 1 aliphatic heterocycles. The van der Waals surface area contributed by atoms with Crippen molar-refractivity contribution in [1.29, 1.82) is 0 Å². The van der Waals surface area contributed by atoms with Crippen LogP contribution in [-0.4, -0.2) is 52.0 Å². The summed E-state index contributed by atoms with van der Waals surface area (Å²) < 4.78 is 17.2. The molecule has 32 heavy (non-hydrogen) atoms. The summed E-state index contributed by atoms with van der Waals surface area (Å²) in [4.78, 5) is 50.4. The first-order valence-electron chi connectivity index (χ1n) is 10.1. The number of carbonyl (C=O) groups is 2. The Morgan fingerprint density at radius 1 is 1.16 bits per heavy atom. The molecule has 10 nitrogen and oxygen atoms in total. The lowest BCUT2D eigenvalue weighted by molar-refractivity contribution is -0.156. The van der Waals surface area contributed by atoms with E-state index in [4.69, 9.17) is 14.2 Å². The van der Waals surface area contributed by atoms with Crippen LogP contribution in [0, 0.1) is 27.7 Å². The zero-order valence-corrected chi connectivity index (χ0v) is 18.3. The Morgan fingerprint density at radius 2 is 1.81 bits per heavy atom. The van der Waals surface area contributed by atoms with E-state index in [1.54, 1.807) is 12.1 Å². The van der Waals surface area contributed by atoms with Crippen LogP contribution in [0.5, 0.6) is 0 Å². The van der Waals surface area contributed by atoms with E-state index in [9.17, 15) is 24.3 Å². The van der Waals surface area contributed by atoms with Gasteiger partial charge in [0.2, 0.25) is 0 Å². The van der Waals surface area contributed by atoms with E-state index < -0.39 is 54.8 Å². The van der Waals surface area contributed by atoms with Crippen LogP contribution in [0.25, 0.3) is 0 Å². The van der Waals surface area contributed by atoms with E-state index in [0.29, 0.717) is 11.1 Å². The van der Waals surface area contributed by atoms with Crippen LogP contribution in [0.4, 0.5) is 0 Å². The van der Waals surface area contributed by atoms with E-state index in [2.05, 4.69) is 4.98 Å². The number of hydrogen-bond donors (Lipinski definition) is 2. The Bertz CT molecular complexity index is 1130. The molecule has 3 unspecified atom stereocenters. The molecule has 0 radical (unpaired) electrons. The van der Waals surface area contributed by atoms with Gasteiger partial charge in [0.15, 0.2) is 6.61 Å². The summed E-state index contributed by atoms with van der Waals surface area (Å²) in [6.45, 7) is 6.20. The topological polar surface area (TPSA) is 137 Å². The molecule has 0 spiro atoms. The molecule has 0 saturated carbocycles. The number of aryl methyl sites for hydroxylation is 3. The average Bonchev–Trinajstić information content (AvgIpc) is 3.14. The maximum Gasteiger partial charge on any atom is 0.344 e. The van der Waals surface area contributed by atoms with E-state index in [0.717, 1.165) is 16.7 Å². The minimum Gasteiger partial charge on any atom is -0.457 e. The summed E-state index contributed by atoms with van der Waals surface area (Å²) >= 11 is 0. The average molecular weight is 446 g/mol.